The number of nitrogens with zero attached hydrogens (tertiary/aromatic N) is 3. The van der Waals surface area contributed by atoms with E-state index in [1.807, 2.05) is 60.7 Å². The molecule has 0 amide bonds. The van der Waals surface area contributed by atoms with E-state index in [0.717, 1.165) is 11.1 Å². The van der Waals surface area contributed by atoms with Gasteiger partial charge in [0.25, 0.3) is 11.4 Å². The van der Waals surface area contributed by atoms with Gasteiger partial charge < -0.3 is 16.4 Å². The van der Waals surface area contributed by atoms with Gasteiger partial charge in [-0.2, -0.15) is 0 Å². The molecule has 44 heavy (non-hydrogen) atoms. The van der Waals surface area contributed by atoms with E-state index in [0.29, 0.717) is 21.4 Å². The number of nitro groups is 2. The van der Waals surface area contributed by atoms with Crippen LogP contribution in [-0.2, 0) is 0 Å². The average molecular weight is 659 g/mol. The molecule has 0 aliphatic heterocycles. The number of non-ortho nitro benzene ring substituents is 2. The van der Waals surface area contributed by atoms with Crippen LogP contribution in [0.25, 0.3) is 0 Å². The molecular weight excluding hydrogens is 622 g/mol. The third-order valence-electron chi connectivity index (χ3n) is 5.84. The lowest BCUT2D eigenvalue weighted by Gasteiger charge is -2.13. The maximum Gasteiger partial charge on any atom is 0.270 e. The summed E-state index contributed by atoms with van der Waals surface area (Å²) >= 11 is 3.08. The molecule has 4 aromatic rings. The Morgan fingerprint density at radius 1 is 0.705 bits per heavy atom. The van der Waals surface area contributed by atoms with E-state index in [-0.39, 0.29) is 11.4 Å². The minimum Gasteiger partial charge on any atom is -0.398 e. The fraction of sp³-hybridized carbons (Fsp3) is 0.176. The van der Waals surface area contributed by atoms with Gasteiger partial charge in [-0.05, 0) is 72.0 Å². The summed E-state index contributed by atoms with van der Waals surface area (Å²) in [6.45, 7) is 10.1. The van der Waals surface area contributed by atoms with Crippen LogP contribution in [0.2, 0.25) is 0 Å². The maximum atomic E-state index is 10.7. The summed E-state index contributed by atoms with van der Waals surface area (Å²) < 4.78 is 0.548. The summed E-state index contributed by atoms with van der Waals surface area (Å²) in [5.74, 6) is 8.29. The van der Waals surface area contributed by atoms with E-state index in [2.05, 4.69) is 59.4 Å². The van der Waals surface area contributed by atoms with E-state index >= 15 is 0 Å². The number of rotatable bonds is 5. The molecule has 10 heteroatoms. The molecule has 4 rings (SSSR count). The van der Waals surface area contributed by atoms with Crippen LogP contribution in [0.4, 0.5) is 22.7 Å². The minimum atomic E-state index is -0.468. The highest BCUT2D eigenvalue weighted by atomic mass is 79.9. The zero-order valence-corrected chi connectivity index (χ0v) is 26.5. The molecule has 0 saturated heterocycles. The lowest BCUT2D eigenvalue weighted by Crippen LogP contribution is -2.21. The topological polar surface area (TPSA) is 142 Å². The Morgan fingerprint density at radius 2 is 1.16 bits per heavy atom. The van der Waals surface area contributed by atoms with Crippen LogP contribution in [0.1, 0.15) is 37.5 Å². The van der Waals surface area contributed by atoms with Crippen molar-refractivity contribution in [1.82, 2.24) is 4.90 Å². The first-order valence-corrected chi connectivity index (χ1v) is 14.4. The van der Waals surface area contributed by atoms with Gasteiger partial charge in [0.05, 0.1) is 15.4 Å². The van der Waals surface area contributed by atoms with Crippen LogP contribution in [0, 0.1) is 44.4 Å². The summed E-state index contributed by atoms with van der Waals surface area (Å²) in [7, 11) is 0. The van der Waals surface area contributed by atoms with Crippen LogP contribution < -0.4 is 11.5 Å². The van der Waals surface area contributed by atoms with Gasteiger partial charge in [0.2, 0.25) is 0 Å². The van der Waals surface area contributed by atoms with Gasteiger partial charge in [-0.15, -0.1) is 6.42 Å². The fourth-order valence-electron chi connectivity index (χ4n) is 3.26. The first-order chi connectivity index (χ1) is 21.1. The average Bonchev–Trinajstić information content (AvgIpc) is 3.04. The second kappa shape index (κ2) is 20.7. The van der Waals surface area contributed by atoms with Gasteiger partial charge in [-0.3, -0.25) is 20.2 Å². The third-order valence-corrected chi connectivity index (χ3v) is 6.53. The number of nitrogens with two attached hydrogens (primary N) is 2. The molecular formula is C34H36BrN5O4. The van der Waals surface area contributed by atoms with Gasteiger partial charge in [0, 0.05) is 51.2 Å². The summed E-state index contributed by atoms with van der Waals surface area (Å²) in [5.41, 5.74) is 14.3. The monoisotopic (exact) mass is 657 g/mol. The molecule has 0 bridgehead atoms. The number of nitrogen functional groups attached to an aromatic ring is 2. The van der Waals surface area contributed by atoms with Crippen molar-refractivity contribution in [2.45, 2.75) is 20.8 Å². The van der Waals surface area contributed by atoms with Gasteiger partial charge in [0.1, 0.15) is 0 Å². The van der Waals surface area contributed by atoms with Crippen molar-refractivity contribution < 1.29 is 9.85 Å². The summed E-state index contributed by atoms with van der Waals surface area (Å²) in [5, 5.41) is 20.9. The van der Waals surface area contributed by atoms with Crippen molar-refractivity contribution in [2.24, 2.45) is 0 Å². The standard InChI is InChI=1S/C14H10N2O2.C8H6.C6H5BrN2O2.C6H15N/c15-14-9-8-13(16(17)18)10-12(14)7-6-11-4-2-1-3-5-11;1-2-8-6-4-3-5-7-8;7-5-3-4(9(10)11)1-2-6(5)8;1-4-7(5-2)6-3/h1-5,8-10H,15H2;1,3-7H;1-3H,8H2;4-6H2,1-3H3. The van der Waals surface area contributed by atoms with Crippen LogP contribution in [0.5, 0.6) is 0 Å². The summed E-state index contributed by atoms with van der Waals surface area (Å²) in [4.78, 5) is 22.3. The molecule has 0 spiro atoms. The Balaban J connectivity index is 0.000000319. The second-order valence-electron chi connectivity index (χ2n) is 8.74. The van der Waals surface area contributed by atoms with E-state index in [4.69, 9.17) is 17.9 Å². The number of hydrogen-bond donors (Lipinski definition) is 2. The molecule has 4 aromatic carbocycles. The van der Waals surface area contributed by atoms with Crippen LogP contribution in [0.15, 0.2) is 102 Å². The van der Waals surface area contributed by atoms with Crippen molar-refractivity contribution in [3.8, 4) is 24.2 Å². The quantitative estimate of drug-likeness (QED) is 0.0977. The van der Waals surface area contributed by atoms with E-state index in [9.17, 15) is 20.2 Å². The Kier molecular flexibility index (Phi) is 17.3. The molecule has 0 unspecified atom stereocenters. The molecule has 0 fully saturated rings. The zero-order valence-electron chi connectivity index (χ0n) is 24.9. The van der Waals surface area contributed by atoms with Crippen molar-refractivity contribution in [2.75, 3.05) is 31.1 Å². The number of anilines is 2. The Morgan fingerprint density at radius 3 is 1.55 bits per heavy atom. The van der Waals surface area contributed by atoms with Gasteiger partial charge in [0.15, 0.2) is 0 Å². The Labute approximate surface area is 267 Å². The fourth-order valence-corrected chi connectivity index (χ4v) is 3.63. The largest absolute Gasteiger partial charge is 0.398 e. The molecule has 0 heterocycles. The number of terminal acetylenes is 1. The van der Waals surface area contributed by atoms with E-state index < -0.39 is 9.85 Å². The van der Waals surface area contributed by atoms with Crippen molar-refractivity contribution in [3.05, 3.63) is 138 Å². The van der Waals surface area contributed by atoms with Crippen molar-refractivity contribution >= 4 is 38.7 Å². The Bertz CT molecular complexity index is 1570. The third kappa shape index (κ3) is 14.1. The first kappa shape index (κ1) is 36.9. The van der Waals surface area contributed by atoms with Crippen LogP contribution in [-0.4, -0.2) is 34.4 Å². The molecule has 0 atom stereocenters. The molecule has 0 radical (unpaired) electrons. The van der Waals surface area contributed by atoms with Gasteiger partial charge >= 0.3 is 0 Å². The van der Waals surface area contributed by atoms with Gasteiger partial charge in [-0.1, -0.05) is 74.9 Å². The van der Waals surface area contributed by atoms with Crippen molar-refractivity contribution in [1.29, 1.82) is 0 Å². The molecule has 0 aromatic heterocycles. The van der Waals surface area contributed by atoms with Crippen LogP contribution in [0.3, 0.4) is 0 Å². The first-order valence-electron chi connectivity index (χ1n) is 13.6. The molecule has 228 valence electrons. The normalized spacial score (nSPS) is 9.27. The van der Waals surface area contributed by atoms with E-state index in [1.165, 1.54) is 56.0 Å². The molecule has 0 aliphatic rings. The highest BCUT2D eigenvalue weighted by Gasteiger charge is 2.07. The summed E-state index contributed by atoms with van der Waals surface area (Å²) in [6.07, 6.45) is 5.10. The molecule has 0 saturated carbocycles. The SMILES string of the molecule is C#Cc1ccccc1.CCN(CC)CC.Nc1ccc([N+](=O)[O-])cc1Br.Nc1ccc([N+](=O)[O-])cc1C#Cc1ccccc1. The second-order valence-corrected chi connectivity index (χ2v) is 9.59. The number of hydrogen-bond acceptors (Lipinski definition) is 7. The predicted molar refractivity (Wildman–Crippen MR) is 183 cm³/mol. The highest BCUT2D eigenvalue weighted by Crippen LogP contribution is 2.24. The lowest BCUT2D eigenvalue weighted by molar-refractivity contribution is -0.385. The smallest absolute Gasteiger partial charge is 0.270 e. The van der Waals surface area contributed by atoms with Gasteiger partial charge in [-0.25, -0.2) is 0 Å². The van der Waals surface area contributed by atoms with Crippen molar-refractivity contribution in [3.63, 3.8) is 0 Å². The minimum absolute atomic E-state index is 0.0124. The summed E-state index contributed by atoms with van der Waals surface area (Å²) in [6, 6.07) is 27.4. The number of nitro benzene ring substituents is 2. The Hall–Kier alpha value is -5.16. The number of benzene rings is 4. The zero-order chi connectivity index (χ0) is 32.9. The predicted octanol–water partition coefficient (Wildman–Crippen LogP) is 7.53. The highest BCUT2D eigenvalue weighted by molar-refractivity contribution is 9.10. The number of halogens is 1. The van der Waals surface area contributed by atoms with E-state index in [1.54, 1.807) is 0 Å². The lowest BCUT2D eigenvalue weighted by atomic mass is 10.1. The maximum absolute atomic E-state index is 10.7. The molecule has 9 nitrogen and oxygen atoms in total. The molecule has 4 N–H and O–H groups in total. The van der Waals surface area contributed by atoms with Crippen LogP contribution >= 0.6 is 15.9 Å². The molecule has 0 aliphatic carbocycles.